The SMILES string of the molecule is O=S1(=O)C=CO1. The van der Waals surface area contributed by atoms with Crippen LogP contribution in [0.15, 0.2) is 11.7 Å². The topological polar surface area (TPSA) is 43.4 Å². The van der Waals surface area contributed by atoms with Gasteiger partial charge in [0.25, 0.3) is 0 Å². The van der Waals surface area contributed by atoms with E-state index < -0.39 is 10.1 Å². The molecule has 0 aromatic heterocycles. The number of hydrogen-bond acceptors (Lipinski definition) is 3. The van der Waals surface area contributed by atoms with Gasteiger partial charge in [0, 0.05) is 0 Å². The average Bonchev–Trinajstić information content (AvgIpc) is 1.32. The van der Waals surface area contributed by atoms with E-state index in [0.29, 0.717) is 0 Å². The lowest BCUT2D eigenvalue weighted by Gasteiger charge is -2.01. The molecule has 0 saturated heterocycles. The third-order valence-electron chi connectivity index (χ3n) is 0.412. The molecule has 0 unspecified atom stereocenters. The van der Waals surface area contributed by atoms with E-state index in [0.717, 1.165) is 11.7 Å². The lowest BCUT2D eigenvalue weighted by Crippen LogP contribution is -2.03. The smallest absolute Gasteiger partial charge is 0.334 e. The molecule has 0 radical (unpaired) electrons. The van der Waals surface area contributed by atoms with Gasteiger partial charge in [-0.05, 0) is 0 Å². The van der Waals surface area contributed by atoms with Gasteiger partial charge in [-0.15, -0.1) is 0 Å². The van der Waals surface area contributed by atoms with Crippen molar-refractivity contribution in [1.29, 1.82) is 0 Å². The van der Waals surface area contributed by atoms with Crippen LogP contribution in [0.3, 0.4) is 0 Å². The Kier molecular flexibility index (Phi) is 0.464. The largest absolute Gasteiger partial charge is 0.386 e. The molecule has 34 valence electrons. The van der Waals surface area contributed by atoms with Gasteiger partial charge in [0.15, 0.2) is 0 Å². The number of hydrogen-bond donors (Lipinski definition) is 0. The molecule has 0 aliphatic carbocycles. The monoisotopic (exact) mass is 106 g/mol. The average molecular weight is 106 g/mol. The fourth-order valence-electron chi connectivity index (χ4n) is 0.146. The first-order valence-electron chi connectivity index (χ1n) is 1.30. The first kappa shape index (κ1) is 3.67. The maximum Gasteiger partial charge on any atom is 0.334 e. The van der Waals surface area contributed by atoms with Gasteiger partial charge in [-0.1, -0.05) is 0 Å². The van der Waals surface area contributed by atoms with Crippen LogP contribution in [0, 0.1) is 0 Å². The molecule has 6 heavy (non-hydrogen) atoms. The van der Waals surface area contributed by atoms with Crippen LogP contribution in [0.1, 0.15) is 0 Å². The van der Waals surface area contributed by atoms with Crippen molar-refractivity contribution in [3.63, 3.8) is 0 Å². The predicted octanol–water partition coefficient (Wildman–Crippen LogP) is -0.182. The number of rotatable bonds is 0. The van der Waals surface area contributed by atoms with Crippen LogP contribution in [0.2, 0.25) is 0 Å². The summed E-state index contributed by atoms with van der Waals surface area (Å²) in [4.78, 5) is 0. The minimum absolute atomic E-state index is 0.993. The van der Waals surface area contributed by atoms with Crippen molar-refractivity contribution in [3.05, 3.63) is 11.7 Å². The molecule has 4 heteroatoms. The van der Waals surface area contributed by atoms with Crippen molar-refractivity contribution >= 4 is 10.1 Å². The van der Waals surface area contributed by atoms with E-state index in [4.69, 9.17) is 0 Å². The second-order valence-corrected chi connectivity index (χ2v) is 2.31. The van der Waals surface area contributed by atoms with E-state index >= 15 is 0 Å². The Hall–Kier alpha value is -0.510. The molecule has 0 bridgehead atoms. The molecular formula is C2H2O3S. The maximum atomic E-state index is 9.78. The molecular weight excluding hydrogens is 104 g/mol. The van der Waals surface area contributed by atoms with Gasteiger partial charge >= 0.3 is 10.1 Å². The molecule has 0 amide bonds. The molecule has 1 aliphatic heterocycles. The van der Waals surface area contributed by atoms with Crippen molar-refractivity contribution in [2.24, 2.45) is 0 Å². The van der Waals surface area contributed by atoms with Crippen LogP contribution in [0.4, 0.5) is 0 Å². The molecule has 1 aliphatic rings. The molecule has 0 atom stereocenters. The molecule has 1 heterocycles. The Balaban J connectivity index is 3.15. The second kappa shape index (κ2) is 0.759. The minimum atomic E-state index is -3.16. The molecule has 1 rings (SSSR count). The fraction of sp³-hybridized carbons (Fsp3) is 0. The summed E-state index contributed by atoms with van der Waals surface area (Å²) in [7, 11) is -3.16. The highest BCUT2D eigenvalue weighted by Gasteiger charge is 2.11. The van der Waals surface area contributed by atoms with E-state index in [-0.39, 0.29) is 0 Å². The molecule has 3 nitrogen and oxygen atoms in total. The highest BCUT2D eigenvalue weighted by molar-refractivity contribution is 7.90. The quantitative estimate of drug-likeness (QED) is 0.402. The predicted molar refractivity (Wildman–Crippen MR) is 19.1 cm³/mol. The second-order valence-electron chi connectivity index (χ2n) is 0.861. The van der Waals surface area contributed by atoms with Crippen molar-refractivity contribution < 1.29 is 12.6 Å². The standard InChI is InChI=1S/C2H2O3S/c3-6(4)2-1-5-6/h1-2H. The minimum Gasteiger partial charge on any atom is -0.386 e. The van der Waals surface area contributed by atoms with Crippen molar-refractivity contribution in [2.75, 3.05) is 0 Å². The van der Waals surface area contributed by atoms with Gasteiger partial charge in [0.05, 0.1) is 0 Å². The normalized spacial score (nSPS) is 24.7. The summed E-state index contributed by atoms with van der Waals surface area (Å²) >= 11 is 0. The summed E-state index contributed by atoms with van der Waals surface area (Å²) in [6.07, 6.45) is 1.12. The third-order valence-corrected chi connectivity index (χ3v) is 1.24. The Labute approximate surface area is 35.4 Å². The van der Waals surface area contributed by atoms with Crippen LogP contribution < -0.4 is 0 Å². The zero-order valence-electron chi connectivity index (χ0n) is 2.79. The first-order valence-corrected chi connectivity index (χ1v) is 2.78. The Bertz CT molecular complexity index is 163. The van der Waals surface area contributed by atoms with Crippen molar-refractivity contribution in [2.45, 2.75) is 0 Å². The summed E-state index contributed by atoms with van der Waals surface area (Å²) in [5.74, 6) is 0. The van der Waals surface area contributed by atoms with E-state index in [1.165, 1.54) is 0 Å². The van der Waals surface area contributed by atoms with E-state index in [2.05, 4.69) is 4.18 Å². The lowest BCUT2D eigenvalue weighted by atomic mass is 11.2. The van der Waals surface area contributed by atoms with Gasteiger partial charge in [0.1, 0.15) is 11.7 Å². The maximum absolute atomic E-state index is 9.78. The Morgan fingerprint density at radius 1 is 1.50 bits per heavy atom. The fourth-order valence-corrected chi connectivity index (χ4v) is 0.439. The molecule has 0 aromatic rings. The lowest BCUT2D eigenvalue weighted by molar-refractivity contribution is 0.431. The van der Waals surface area contributed by atoms with Crippen LogP contribution in [-0.4, -0.2) is 8.42 Å². The van der Waals surface area contributed by atoms with Gasteiger partial charge in [-0.3, -0.25) is 0 Å². The molecule has 0 N–H and O–H groups in total. The van der Waals surface area contributed by atoms with Crippen molar-refractivity contribution in [1.82, 2.24) is 0 Å². The summed E-state index contributed by atoms with van der Waals surface area (Å²) in [6.45, 7) is 0. The zero-order valence-corrected chi connectivity index (χ0v) is 3.60. The van der Waals surface area contributed by atoms with Crippen LogP contribution in [-0.2, 0) is 14.3 Å². The molecule has 0 spiro atoms. The Morgan fingerprint density at radius 3 is 1.83 bits per heavy atom. The summed E-state index contributed by atoms with van der Waals surface area (Å²) in [5, 5.41) is 0.993. The summed E-state index contributed by atoms with van der Waals surface area (Å²) < 4.78 is 23.5. The van der Waals surface area contributed by atoms with Gasteiger partial charge < -0.3 is 4.18 Å². The van der Waals surface area contributed by atoms with Crippen LogP contribution in [0.25, 0.3) is 0 Å². The van der Waals surface area contributed by atoms with Gasteiger partial charge in [0.2, 0.25) is 0 Å². The van der Waals surface area contributed by atoms with Crippen LogP contribution in [0.5, 0.6) is 0 Å². The van der Waals surface area contributed by atoms with Crippen LogP contribution >= 0.6 is 0 Å². The van der Waals surface area contributed by atoms with E-state index in [1.807, 2.05) is 0 Å². The van der Waals surface area contributed by atoms with E-state index in [9.17, 15) is 8.42 Å². The molecule has 0 saturated carbocycles. The molecule has 0 aromatic carbocycles. The zero-order chi connectivity index (χ0) is 4.62. The van der Waals surface area contributed by atoms with Crippen molar-refractivity contribution in [3.8, 4) is 0 Å². The highest BCUT2D eigenvalue weighted by atomic mass is 32.2. The van der Waals surface area contributed by atoms with Gasteiger partial charge in [-0.2, -0.15) is 8.42 Å². The Morgan fingerprint density at radius 2 is 1.83 bits per heavy atom. The van der Waals surface area contributed by atoms with E-state index in [1.54, 1.807) is 0 Å². The first-order chi connectivity index (χ1) is 2.71. The molecule has 0 fully saturated rings. The third kappa shape index (κ3) is 0.386. The summed E-state index contributed by atoms with van der Waals surface area (Å²) in [6, 6.07) is 0. The van der Waals surface area contributed by atoms with Gasteiger partial charge in [-0.25, -0.2) is 0 Å². The highest BCUT2D eigenvalue weighted by Crippen LogP contribution is 2.05. The summed E-state index contributed by atoms with van der Waals surface area (Å²) in [5.41, 5.74) is 0.